The fourth-order valence-corrected chi connectivity index (χ4v) is 0.264. The maximum absolute atomic E-state index is 9.74. The normalized spacial score (nSPS) is 12.7. The molecule has 0 heterocycles. The van der Waals surface area contributed by atoms with Gasteiger partial charge in [0.15, 0.2) is 6.10 Å². The zero-order chi connectivity index (χ0) is 12.8. The Morgan fingerprint density at radius 3 is 1.35 bits per heavy atom. The van der Waals surface area contributed by atoms with Crippen LogP contribution in [0.4, 0.5) is 0 Å². The average Bonchev–Trinajstić information content (AvgIpc) is 1.98. The number of hydrogen-bond donors (Lipinski definition) is 3. The second-order valence-corrected chi connectivity index (χ2v) is 2.77. The molecule has 0 radical (unpaired) electrons. The fourth-order valence-electron chi connectivity index (χ4n) is 0.264. The summed E-state index contributed by atoms with van der Waals surface area (Å²) < 4.78 is 34.1. The van der Waals surface area contributed by atoms with Crippen LogP contribution in [0.5, 0.6) is 0 Å². The largest absolute Gasteiger partial charge is 2.00 e. The van der Waals surface area contributed by atoms with Gasteiger partial charge in [0.25, 0.3) is 0 Å². The second kappa shape index (κ2) is 12.2. The maximum Gasteiger partial charge on any atom is 2.00 e. The molecule has 17 heavy (non-hydrogen) atoms. The molecule has 0 saturated heterocycles. The molecule has 0 fully saturated rings. The van der Waals surface area contributed by atoms with Crippen LogP contribution in [0.3, 0.4) is 0 Å². The monoisotopic (exact) mass is 308 g/mol. The first-order valence-corrected chi connectivity index (χ1v) is 4.26. The maximum atomic E-state index is 9.74. The van der Waals surface area contributed by atoms with E-state index >= 15 is 0 Å². The number of carboxylic acid groups (broad SMARTS) is 2. The van der Waals surface area contributed by atoms with Crippen LogP contribution < -0.4 is 56.5 Å². The molecule has 10 nitrogen and oxygen atoms in total. The molecule has 2 unspecified atom stereocenters. The number of aliphatic carboxylic acids is 2. The Balaban J connectivity index is -0.000000105. The van der Waals surface area contributed by atoms with E-state index in [9.17, 15) is 14.7 Å². The van der Waals surface area contributed by atoms with Gasteiger partial charge in [-0.15, -0.1) is 0 Å². The third-order valence-corrected chi connectivity index (χ3v) is 0.794. The minimum Gasteiger partial charge on any atom is -0.759 e. The van der Waals surface area contributed by atoms with Crippen molar-refractivity contribution in [1.29, 1.82) is 0 Å². The van der Waals surface area contributed by atoms with Gasteiger partial charge in [-0.25, -0.2) is 4.79 Å². The number of aliphatic hydroxyl groups excluding tert-OH is 2. The van der Waals surface area contributed by atoms with Crippen LogP contribution in [0, 0.1) is 0 Å². The molecule has 0 amide bonds. The molecular weight excluding hydrogens is 304 g/mol. The van der Waals surface area contributed by atoms with E-state index in [-0.39, 0.29) is 74.4 Å². The first-order chi connectivity index (χ1) is 6.46. The standard InChI is InChI=1S/C4H6O6.K.Mg.H2O4S/c5-1(3(7)8)2(6)4(9)10;;;1-5(2,3)4/h1-2,5-6H,(H,7,8)(H,9,10);;;(H2,1,2,3,4)/q;+1;+2;/p-3. The van der Waals surface area contributed by atoms with E-state index < -0.39 is 34.5 Å². The molecule has 0 aliphatic carbocycles. The quantitative estimate of drug-likeness (QED) is 0.255. The van der Waals surface area contributed by atoms with E-state index in [2.05, 4.69) is 0 Å². The minimum atomic E-state index is -5.17. The van der Waals surface area contributed by atoms with Crippen LogP contribution >= 0.6 is 0 Å². The van der Waals surface area contributed by atoms with E-state index in [4.69, 9.17) is 32.8 Å². The van der Waals surface area contributed by atoms with Crippen molar-refractivity contribution >= 4 is 45.4 Å². The molecular formula is C4H5KMgO10S. The predicted molar refractivity (Wildman–Crippen MR) is 40.9 cm³/mol. The number of carboxylic acids is 2. The first kappa shape index (κ1) is 26.6. The molecule has 0 spiro atoms. The summed E-state index contributed by atoms with van der Waals surface area (Å²) in [6, 6.07) is 0. The molecule has 0 bridgehead atoms. The van der Waals surface area contributed by atoms with Crippen LogP contribution in [-0.2, 0) is 20.0 Å². The summed E-state index contributed by atoms with van der Waals surface area (Å²) in [5.74, 6) is -3.83. The zero-order valence-electron chi connectivity index (χ0n) is 8.47. The van der Waals surface area contributed by atoms with E-state index in [0.29, 0.717) is 0 Å². The van der Waals surface area contributed by atoms with Gasteiger partial charge in [0.2, 0.25) is 0 Å². The van der Waals surface area contributed by atoms with Gasteiger partial charge in [0.05, 0.1) is 5.97 Å². The van der Waals surface area contributed by atoms with E-state index in [1.54, 1.807) is 0 Å². The predicted octanol–water partition coefficient (Wildman–Crippen LogP) is -8.17. The summed E-state index contributed by atoms with van der Waals surface area (Å²) in [6.45, 7) is 0. The Morgan fingerprint density at radius 1 is 1.06 bits per heavy atom. The molecule has 0 aromatic heterocycles. The van der Waals surface area contributed by atoms with Crippen LogP contribution in [0.1, 0.15) is 0 Å². The van der Waals surface area contributed by atoms with Crippen molar-refractivity contribution in [2.75, 3.05) is 0 Å². The Morgan fingerprint density at radius 2 is 1.29 bits per heavy atom. The SMILES string of the molecule is O=C([O-])C(O)C(O)C(=O)O.O=S(=O)([O-])[O-].[K+].[Mg+2]. The second-order valence-electron chi connectivity index (χ2n) is 1.96. The van der Waals surface area contributed by atoms with Gasteiger partial charge in [-0.05, 0) is 0 Å². The van der Waals surface area contributed by atoms with Gasteiger partial charge in [-0.1, -0.05) is 0 Å². The summed E-state index contributed by atoms with van der Waals surface area (Å²) in [4.78, 5) is 19.4. The van der Waals surface area contributed by atoms with Crippen molar-refractivity contribution < 1.29 is 98.9 Å². The number of carbonyl (C=O) groups is 2. The Kier molecular flexibility index (Phi) is 19.1. The number of aliphatic hydroxyl groups is 2. The fraction of sp³-hybridized carbons (Fsp3) is 0.500. The van der Waals surface area contributed by atoms with Crippen molar-refractivity contribution in [3.63, 3.8) is 0 Å². The van der Waals surface area contributed by atoms with Gasteiger partial charge < -0.3 is 34.3 Å². The molecule has 90 valence electrons. The Labute approximate surface area is 154 Å². The van der Waals surface area contributed by atoms with Gasteiger partial charge in [-0.3, -0.25) is 8.42 Å². The molecule has 0 rings (SSSR count). The summed E-state index contributed by atoms with van der Waals surface area (Å²) in [6.07, 6.45) is -4.71. The summed E-state index contributed by atoms with van der Waals surface area (Å²) >= 11 is 0. The number of carbonyl (C=O) groups excluding carboxylic acids is 1. The van der Waals surface area contributed by atoms with Crippen molar-refractivity contribution in [2.24, 2.45) is 0 Å². The van der Waals surface area contributed by atoms with Crippen LogP contribution in [0.25, 0.3) is 0 Å². The van der Waals surface area contributed by atoms with Crippen LogP contribution in [0.15, 0.2) is 0 Å². The minimum absolute atomic E-state index is 0. The summed E-state index contributed by atoms with van der Waals surface area (Å²) in [5.41, 5.74) is 0. The molecule has 0 saturated carbocycles. The average molecular weight is 309 g/mol. The molecule has 0 aromatic carbocycles. The Bertz CT molecular complexity index is 301. The summed E-state index contributed by atoms with van der Waals surface area (Å²) in [7, 11) is -5.17. The number of hydrogen-bond acceptors (Lipinski definition) is 9. The number of rotatable bonds is 3. The summed E-state index contributed by atoms with van der Waals surface area (Å²) in [5, 5.41) is 34.1. The molecule has 3 N–H and O–H groups in total. The third-order valence-electron chi connectivity index (χ3n) is 0.794. The molecule has 0 aromatic rings. The van der Waals surface area contributed by atoms with E-state index in [0.717, 1.165) is 0 Å². The topological polar surface area (TPSA) is 198 Å². The van der Waals surface area contributed by atoms with Crippen LogP contribution in [0.2, 0.25) is 0 Å². The first-order valence-electron chi connectivity index (χ1n) is 2.93. The van der Waals surface area contributed by atoms with Crippen molar-refractivity contribution in [3.8, 4) is 0 Å². The van der Waals surface area contributed by atoms with Crippen LogP contribution in [-0.4, -0.2) is 80.0 Å². The molecule has 2 atom stereocenters. The van der Waals surface area contributed by atoms with E-state index in [1.807, 2.05) is 0 Å². The van der Waals surface area contributed by atoms with Gasteiger partial charge in [0.1, 0.15) is 6.10 Å². The zero-order valence-corrected chi connectivity index (χ0v) is 13.8. The van der Waals surface area contributed by atoms with Crippen molar-refractivity contribution in [1.82, 2.24) is 0 Å². The Hall–Kier alpha value is 1.13. The van der Waals surface area contributed by atoms with E-state index in [1.165, 1.54) is 0 Å². The smallest absolute Gasteiger partial charge is 0.759 e. The van der Waals surface area contributed by atoms with Gasteiger partial charge in [-0.2, -0.15) is 0 Å². The van der Waals surface area contributed by atoms with Crippen molar-refractivity contribution in [3.05, 3.63) is 0 Å². The molecule has 13 heteroatoms. The molecule has 0 aliphatic rings. The van der Waals surface area contributed by atoms with Crippen molar-refractivity contribution in [2.45, 2.75) is 12.2 Å². The molecule has 0 aliphatic heterocycles. The van der Waals surface area contributed by atoms with Gasteiger partial charge in [0, 0.05) is 10.4 Å². The third kappa shape index (κ3) is 22.7. The van der Waals surface area contributed by atoms with Gasteiger partial charge >= 0.3 is 80.4 Å².